The van der Waals surface area contributed by atoms with Crippen molar-refractivity contribution in [3.63, 3.8) is 0 Å². The van der Waals surface area contributed by atoms with Gasteiger partial charge in [-0.3, -0.25) is 0 Å². The van der Waals surface area contributed by atoms with Gasteiger partial charge in [-0.05, 0) is 12.5 Å². The van der Waals surface area contributed by atoms with Crippen molar-refractivity contribution < 1.29 is 26.8 Å². The number of hydrogen-bond donors (Lipinski definition) is 1. The molecule has 1 aromatic rings. The van der Waals surface area contributed by atoms with Crippen LogP contribution in [0, 0.1) is 0 Å². The van der Waals surface area contributed by atoms with Crippen LogP contribution < -0.4 is 17.0 Å². The molecule has 0 saturated carbocycles. The Kier molecular flexibility index (Phi) is 6.28. The lowest BCUT2D eigenvalue weighted by atomic mass is 10.4. The Bertz CT molecular complexity index is 243. The van der Waals surface area contributed by atoms with Gasteiger partial charge in [0, 0.05) is 6.07 Å². The molecule has 1 heterocycles. The maximum atomic E-state index is 9.09. The van der Waals surface area contributed by atoms with Crippen molar-refractivity contribution in [2.24, 2.45) is 0 Å². The Hall–Kier alpha value is -0.800. The molecular formula is C9H14ClNO2. The van der Waals surface area contributed by atoms with Crippen LogP contribution >= 0.6 is 0 Å². The van der Waals surface area contributed by atoms with Gasteiger partial charge in [0.1, 0.15) is 0 Å². The van der Waals surface area contributed by atoms with E-state index in [1.54, 1.807) is 22.9 Å². The molecule has 0 aliphatic heterocycles. The zero-order valence-corrected chi connectivity index (χ0v) is 8.37. The predicted molar refractivity (Wildman–Crippen MR) is 44.5 cm³/mol. The van der Waals surface area contributed by atoms with Crippen molar-refractivity contribution in [1.82, 2.24) is 0 Å². The molecule has 13 heavy (non-hydrogen) atoms. The van der Waals surface area contributed by atoms with Gasteiger partial charge in [0.05, 0.1) is 6.61 Å². The average molecular weight is 204 g/mol. The molecule has 0 radical (unpaired) electrons. The monoisotopic (exact) mass is 203 g/mol. The largest absolute Gasteiger partial charge is 1.00 e. The van der Waals surface area contributed by atoms with E-state index in [0.29, 0.717) is 6.73 Å². The van der Waals surface area contributed by atoms with Gasteiger partial charge in [0.15, 0.2) is 11.9 Å². The minimum atomic E-state index is 0. The molecule has 1 N–H and O–H groups in total. The lowest BCUT2D eigenvalue weighted by Crippen LogP contribution is -3.00. The number of aromatic hydroxyl groups is 1. The van der Waals surface area contributed by atoms with Gasteiger partial charge in [-0.2, -0.15) is 4.57 Å². The standard InChI is InChI=1S/C9H13NO2.ClH/c1-2-6-12-8-10-5-3-4-9(11)7-10;/h3-5,7H,2,6,8H2,1H3;1H. The van der Waals surface area contributed by atoms with Gasteiger partial charge in [-0.1, -0.05) is 6.92 Å². The van der Waals surface area contributed by atoms with E-state index in [1.165, 1.54) is 0 Å². The third-order valence-corrected chi connectivity index (χ3v) is 1.43. The summed E-state index contributed by atoms with van der Waals surface area (Å²) < 4.78 is 7.07. The van der Waals surface area contributed by atoms with E-state index in [1.807, 2.05) is 6.20 Å². The van der Waals surface area contributed by atoms with E-state index in [0.717, 1.165) is 13.0 Å². The van der Waals surface area contributed by atoms with Crippen molar-refractivity contribution in [1.29, 1.82) is 0 Å². The van der Waals surface area contributed by atoms with Gasteiger partial charge in [-0.15, -0.1) is 0 Å². The molecule has 0 bridgehead atoms. The predicted octanol–water partition coefficient (Wildman–Crippen LogP) is -1.93. The molecule has 0 atom stereocenters. The van der Waals surface area contributed by atoms with Crippen LogP contribution in [0.4, 0.5) is 0 Å². The van der Waals surface area contributed by atoms with Crippen LogP contribution in [0.25, 0.3) is 0 Å². The summed E-state index contributed by atoms with van der Waals surface area (Å²) in [6.45, 7) is 3.32. The molecule has 4 heteroatoms. The van der Waals surface area contributed by atoms with Crippen LogP contribution in [0.2, 0.25) is 0 Å². The second kappa shape index (κ2) is 6.69. The zero-order chi connectivity index (χ0) is 8.81. The molecule has 0 saturated heterocycles. The molecule has 0 unspecified atom stereocenters. The third-order valence-electron chi connectivity index (χ3n) is 1.43. The molecule has 74 valence electrons. The van der Waals surface area contributed by atoms with Crippen molar-refractivity contribution >= 4 is 0 Å². The molecule has 3 nitrogen and oxygen atoms in total. The van der Waals surface area contributed by atoms with Gasteiger partial charge in [0.2, 0.25) is 6.20 Å². The fourth-order valence-corrected chi connectivity index (χ4v) is 0.903. The maximum absolute atomic E-state index is 9.09. The second-order valence-electron chi connectivity index (χ2n) is 2.61. The first-order valence-corrected chi connectivity index (χ1v) is 4.08. The SMILES string of the molecule is CCCOC[n+]1cccc(O)c1.[Cl-]. The normalized spacial score (nSPS) is 9.31. The molecule has 1 aromatic heterocycles. The van der Waals surface area contributed by atoms with E-state index in [2.05, 4.69) is 6.92 Å². The fraction of sp³-hybridized carbons (Fsp3) is 0.444. The number of aromatic nitrogens is 1. The van der Waals surface area contributed by atoms with Crippen LogP contribution in [0.5, 0.6) is 5.75 Å². The molecule has 0 amide bonds. The molecule has 0 aliphatic rings. The summed E-state index contributed by atoms with van der Waals surface area (Å²) in [5, 5.41) is 9.09. The van der Waals surface area contributed by atoms with E-state index in [-0.39, 0.29) is 18.2 Å². The summed E-state index contributed by atoms with van der Waals surface area (Å²) in [4.78, 5) is 0. The van der Waals surface area contributed by atoms with E-state index in [9.17, 15) is 0 Å². The number of nitrogens with zero attached hydrogens (tertiary/aromatic N) is 1. The van der Waals surface area contributed by atoms with Crippen LogP contribution in [0.15, 0.2) is 24.5 Å². The molecule has 0 aromatic carbocycles. The van der Waals surface area contributed by atoms with Gasteiger partial charge >= 0.3 is 0 Å². The van der Waals surface area contributed by atoms with Crippen molar-refractivity contribution in [3.8, 4) is 5.75 Å². The van der Waals surface area contributed by atoms with Gasteiger partial charge < -0.3 is 22.3 Å². The summed E-state index contributed by atoms with van der Waals surface area (Å²) in [7, 11) is 0. The Labute approximate surface area is 84.4 Å². The summed E-state index contributed by atoms with van der Waals surface area (Å²) in [5.74, 6) is 0.262. The van der Waals surface area contributed by atoms with E-state index >= 15 is 0 Å². The number of pyridine rings is 1. The topological polar surface area (TPSA) is 33.3 Å². The first-order valence-electron chi connectivity index (χ1n) is 4.08. The van der Waals surface area contributed by atoms with Crippen molar-refractivity contribution in [3.05, 3.63) is 24.5 Å². The quantitative estimate of drug-likeness (QED) is 0.457. The third kappa shape index (κ3) is 4.70. The molecular weight excluding hydrogens is 190 g/mol. The fourth-order valence-electron chi connectivity index (χ4n) is 0.903. The highest BCUT2D eigenvalue weighted by Gasteiger charge is 1.99. The molecule has 0 spiro atoms. The molecule has 1 rings (SSSR count). The second-order valence-corrected chi connectivity index (χ2v) is 2.61. The van der Waals surface area contributed by atoms with Crippen LogP contribution in [0.1, 0.15) is 13.3 Å². The zero-order valence-electron chi connectivity index (χ0n) is 7.61. The van der Waals surface area contributed by atoms with Crippen molar-refractivity contribution in [2.45, 2.75) is 20.1 Å². The van der Waals surface area contributed by atoms with Crippen LogP contribution in [-0.2, 0) is 11.5 Å². The van der Waals surface area contributed by atoms with Gasteiger partial charge in [-0.25, -0.2) is 0 Å². The Balaban J connectivity index is 0.00000144. The van der Waals surface area contributed by atoms with Crippen molar-refractivity contribution in [2.75, 3.05) is 6.61 Å². The number of ether oxygens (including phenoxy) is 1. The van der Waals surface area contributed by atoms with Gasteiger partial charge in [0.25, 0.3) is 6.73 Å². The van der Waals surface area contributed by atoms with Crippen LogP contribution in [-0.4, -0.2) is 11.7 Å². The summed E-state index contributed by atoms with van der Waals surface area (Å²) in [6.07, 6.45) is 4.50. The minimum absolute atomic E-state index is 0. The Morgan fingerprint density at radius 3 is 2.92 bits per heavy atom. The highest BCUT2D eigenvalue weighted by molar-refractivity contribution is 5.09. The summed E-state index contributed by atoms with van der Waals surface area (Å²) >= 11 is 0. The first-order chi connectivity index (χ1) is 5.83. The van der Waals surface area contributed by atoms with Crippen LogP contribution in [0.3, 0.4) is 0 Å². The summed E-state index contributed by atoms with van der Waals surface area (Å²) in [6, 6.07) is 3.42. The Morgan fingerprint density at radius 2 is 2.31 bits per heavy atom. The number of halogens is 1. The number of rotatable bonds is 4. The van der Waals surface area contributed by atoms with E-state index < -0.39 is 0 Å². The lowest BCUT2D eigenvalue weighted by molar-refractivity contribution is -0.733. The minimum Gasteiger partial charge on any atom is -1.00 e. The number of hydrogen-bond acceptors (Lipinski definition) is 2. The molecule has 0 aliphatic carbocycles. The Morgan fingerprint density at radius 1 is 1.54 bits per heavy atom. The van der Waals surface area contributed by atoms with E-state index in [4.69, 9.17) is 9.84 Å². The smallest absolute Gasteiger partial charge is 0.252 e. The average Bonchev–Trinajstić information content (AvgIpc) is 2.05. The first kappa shape index (κ1) is 12.2. The maximum Gasteiger partial charge on any atom is 0.252 e. The summed E-state index contributed by atoms with van der Waals surface area (Å²) in [5.41, 5.74) is 0. The molecule has 0 fully saturated rings. The highest BCUT2D eigenvalue weighted by Crippen LogP contribution is 1.99. The lowest BCUT2D eigenvalue weighted by Gasteiger charge is -1.97. The highest BCUT2D eigenvalue weighted by atomic mass is 35.5.